The van der Waals surface area contributed by atoms with Gasteiger partial charge < -0.3 is 9.74 Å². The van der Waals surface area contributed by atoms with Crippen molar-refractivity contribution in [3.63, 3.8) is 0 Å². The summed E-state index contributed by atoms with van der Waals surface area (Å²) in [7, 11) is -2.35. The molecule has 2 fully saturated rings. The molecule has 0 atom stereocenters. The van der Waals surface area contributed by atoms with Crippen molar-refractivity contribution in [2.75, 3.05) is 43.1 Å². The van der Waals surface area contributed by atoms with Crippen molar-refractivity contribution in [2.24, 2.45) is 11.8 Å². The molecule has 3 heterocycles. The van der Waals surface area contributed by atoms with Gasteiger partial charge in [0, 0.05) is 114 Å². The maximum absolute atomic E-state index is 14.1. The second-order valence-corrected chi connectivity index (χ2v) is 22.2. The van der Waals surface area contributed by atoms with E-state index in [1.54, 1.807) is 19.2 Å². The molecule has 0 aromatic heterocycles. The van der Waals surface area contributed by atoms with Gasteiger partial charge in [-0.05, 0) is 93.8 Å². The number of anilines is 1. The molecular formula is C46H59N4O15S4+. The zero-order valence-electron chi connectivity index (χ0n) is 39.0. The molecule has 0 unspecified atom stereocenters. The van der Waals surface area contributed by atoms with Crippen LogP contribution in [-0.2, 0) is 68.2 Å². The second kappa shape index (κ2) is 25.0. The van der Waals surface area contributed by atoms with Crippen molar-refractivity contribution in [1.29, 1.82) is 0 Å². The molecule has 19 nitrogen and oxygen atoms in total. The number of allylic oxidation sites excluding steroid dienone is 8. The predicted molar refractivity (Wildman–Crippen MR) is 258 cm³/mol. The number of sulfonamides is 1. The number of rotatable bonds is 25. The van der Waals surface area contributed by atoms with Gasteiger partial charge in [0.2, 0.25) is 15.7 Å². The summed E-state index contributed by atoms with van der Waals surface area (Å²) in [5.41, 5.74) is 4.83. The highest BCUT2D eigenvalue weighted by Crippen LogP contribution is 2.49. The molecule has 1 saturated heterocycles. The summed E-state index contributed by atoms with van der Waals surface area (Å²) in [6.07, 6.45) is 17.3. The van der Waals surface area contributed by atoms with Crippen LogP contribution >= 0.6 is 36.1 Å². The summed E-state index contributed by atoms with van der Waals surface area (Å²) < 4.78 is 45.7. The van der Waals surface area contributed by atoms with E-state index in [1.807, 2.05) is 60.7 Å². The molecule has 1 saturated carbocycles. The van der Waals surface area contributed by atoms with E-state index in [-0.39, 0.29) is 30.2 Å². The van der Waals surface area contributed by atoms with Gasteiger partial charge in [0.15, 0.2) is 5.71 Å². The number of hydrogen-bond donors (Lipinski definition) is 3. The van der Waals surface area contributed by atoms with Crippen molar-refractivity contribution < 1.29 is 76.1 Å². The monoisotopic (exact) mass is 1040 g/mol. The van der Waals surface area contributed by atoms with E-state index in [1.165, 1.54) is 4.31 Å². The normalized spacial score (nSPS) is 20.8. The van der Waals surface area contributed by atoms with E-state index >= 15 is 0 Å². The number of imide groups is 1. The number of carbonyl (C=O) groups is 3. The van der Waals surface area contributed by atoms with E-state index in [9.17, 15) is 22.8 Å². The molecule has 0 bridgehead atoms. The van der Waals surface area contributed by atoms with Crippen molar-refractivity contribution >= 4 is 81.0 Å². The van der Waals surface area contributed by atoms with E-state index in [0.29, 0.717) is 61.8 Å². The lowest BCUT2D eigenvalue weighted by Crippen LogP contribution is -2.37. The summed E-state index contributed by atoms with van der Waals surface area (Å²) in [6.45, 7) is 9.88. The molecular weight excluding hydrogens is 977 g/mol. The SMILES string of the molecule is CN(CC1CCC(C(=O)ON2C(=O)CCC2=O)CC1)S(=O)(=O)c1ccc2c(c1)C(C)(C)\C(=C/C=C/C=C/C=C/C1=[N+](CCCSOOO)c3ccc(SOOO)cc3C1(C)C)N2CCCSOOO. The fraction of sp³-hybridized carbons (Fsp3) is 0.478. The number of amides is 2. The van der Waals surface area contributed by atoms with Crippen molar-refractivity contribution in [3.05, 3.63) is 95.8 Å². The Morgan fingerprint density at radius 1 is 0.826 bits per heavy atom. The molecule has 3 N–H and O–H groups in total. The second-order valence-electron chi connectivity index (χ2n) is 17.8. The van der Waals surface area contributed by atoms with Crippen molar-refractivity contribution in [2.45, 2.75) is 99.7 Å². The average Bonchev–Trinajstić information content (AvgIpc) is 3.84. The highest BCUT2D eigenvalue weighted by Gasteiger charge is 2.45. The lowest BCUT2D eigenvalue weighted by molar-refractivity contribution is -0.438. The molecule has 6 rings (SSSR count). The molecule has 4 aliphatic rings. The summed E-state index contributed by atoms with van der Waals surface area (Å²) in [4.78, 5) is 44.8. The summed E-state index contributed by atoms with van der Waals surface area (Å²) in [5, 5.41) is 37.7. The Bertz CT molecular complexity index is 2420. The molecule has 2 aromatic carbocycles. The van der Waals surface area contributed by atoms with Gasteiger partial charge in [0.25, 0.3) is 11.8 Å². The summed E-state index contributed by atoms with van der Waals surface area (Å²) in [6, 6.07) is 11.1. The topological polar surface area (TPSA) is 223 Å². The zero-order valence-corrected chi connectivity index (χ0v) is 42.3. The third-order valence-electron chi connectivity index (χ3n) is 12.8. The summed E-state index contributed by atoms with van der Waals surface area (Å²) >= 11 is 2.87. The smallest absolute Gasteiger partial charge is 0.336 e. The van der Waals surface area contributed by atoms with Gasteiger partial charge >= 0.3 is 5.97 Å². The third kappa shape index (κ3) is 13.1. The molecule has 376 valence electrons. The van der Waals surface area contributed by atoms with E-state index in [4.69, 9.17) is 20.6 Å². The first-order valence-electron chi connectivity index (χ1n) is 22.4. The fourth-order valence-corrected chi connectivity index (χ4v) is 11.7. The number of hydroxylamine groups is 2. The zero-order chi connectivity index (χ0) is 49.8. The van der Waals surface area contributed by atoms with Gasteiger partial charge in [-0.25, -0.2) is 33.3 Å². The fourth-order valence-electron chi connectivity index (χ4n) is 9.26. The Morgan fingerprint density at radius 3 is 2.16 bits per heavy atom. The Morgan fingerprint density at radius 2 is 1.48 bits per heavy atom. The van der Waals surface area contributed by atoms with Gasteiger partial charge in [-0.3, -0.25) is 9.59 Å². The summed E-state index contributed by atoms with van der Waals surface area (Å²) in [5.74, 6) is -1.05. The molecule has 0 spiro atoms. The van der Waals surface area contributed by atoms with Gasteiger partial charge in [-0.2, -0.15) is 4.58 Å². The predicted octanol–water partition coefficient (Wildman–Crippen LogP) is 8.79. The lowest BCUT2D eigenvalue weighted by Gasteiger charge is -2.30. The van der Waals surface area contributed by atoms with E-state index < -0.39 is 44.6 Å². The Kier molecular flexibility index (Phi) is 19.7. The maximum Gasteiger partial charge on any atom is 0.336 e. The molecule has 2 amide bonds. The molecule has 0 radical (unpaired) electrons. The first-order valence-corrected chi connectivity index (χ1v) is 26.4. The van der Waals surface area contributed by atoms with Crippen LogP contribution in [0.25, 0.3) is 0 Å². The van der Waals surface area contributed by atoms with Crippen LogP contribution in [0.4, 0.5) is 11.4 Å². The first kappa shape index (κ1) is 54.4. The Balaban J connectivity index is 1.15. The average molecular weight is 1040 g/mol. The minimum Gasteiger partial charge on any atom is -0.344 e. The van der Waals surface area contributed by atoms with Gasteiger partial charge in [-0.1, -0.05) is 59.3 Å². The Labute approximate surface area is 414 Å². The lowest BCUT2D eigenvalue weighted by atomic mass is 9.81. The number of carbonyl (C=O) groups excluding carboxylic acids is 3. The molecule has 23 heteroatoms. The number of fused-ring (bicyclic) bond motifs is 2. The highest BCUT2D eigenvalue weighted by atomic mass is 32.2. The largest absolute Gasteiger partial charge is 0.344 e. The van der Waals surface area contributed by atoms with Crippen molar-refractivity contribution in [1.82, 2.24) is 9.37 Å². The number of hydrogen-bond acceptors (Lipinski definition) is 19. The van der Waals surface area contributed by atoms with E-state index in [2.05, 4.69) is 71.4 Å². The number of benzene rings is 2. The first-order chi connectivity index (χ1) is 33.1. The maximum atomic E-state index is 14.1. The Hall–Kier alpha value is -3.92. The molecule has 1 aliphatic carbocycles. The highest BCUT2D eigenvalue weighted by molar-refractivity contribution is 7.95. The van der Waals surface area contributed by atoms with Gasteiger partial charge in [0.1, 0.15) is 6.54 Å². The van der Waals surface area contributed by atoms with Gasteiger partial charge in [0.05, 0.1) is 28.3 Å². The standard InChI is InChI=1S/C46H58N4O15S4/c1-45(2)36-29-34(68-65-62-56)19-21-38(36)48(25-11-27-66-63-60-54)40(45)13-9-7-6-8-10-14-41-46(3,4)37-30-35(20-22-39(37)49(41)26-12-28-67-64-61-55)69(57,58)47(5)31-32-15-17-33(18-16-32)44(53)59-50-42(51)23-24-43(50)52/h6-10,13-14,19-22,29-30,32-33H,11-12,15-18,23-28,31H2,1-5H3,(H2-,54,55,56)/p+1. The van der Waals surface area contributed by atoms with Crippen LogP contribution in [0, 0.1) is 11.8 Å². The van der Waals surface area contributed by atoms with Crippen LogP contribution in [-0.4, -0.2) is 99.8 Å². The van der Waals surface area contributed by atoms with Crippen molar-refractivity contribution in [3.8, 4) is 0 Å². The van der Waals surface area contributed by atoms with Gasteiger partial charge in [-0.15, -0.1) is 18.1 Å². The minimum absolute atomic E-state index is 0.00193. The quantitative estimate of drug-likeness (QED) is 0.0161. The molecule has 2 aromatic rings. The van der Waals surface area contributed by atoms with Crippen LogP contribution in [0.2, 0.25) is 0 Å². The van der Waals surface area contributed by atoms with Crippen LogP contribution in [0.1, 0.15) is 90.2 Å². The van der Waals surface area contributed by atoms with Crippen LogP contribution in [0.5, 0.6) is 0 Å². The number of nitrogens with zero attached hydrogens (tertiary/aromatic N) is 4. The van der Waals surface area contributed by atoms with E-state index in [0.717, 1.165) is 81.4 Å². The van der Waals surface area contributed by atoms with Crippen LogP contribution in [0.3, 0.4) is 0 Å². The third-order valence-corrected chi connectivity index (χ3v) is 16.4. The van der Waals surface area contributed by atoms with Crippen LogP contribution < -0.4 is 4.90 Å². The van der Waals surface area contributed by atoms with Crippen LogP contribution in [0.15, 0.2) is 94.4 Å². The molecule has 69 heavy (non-hydrogen) atoms. The molecule has 3 aliphatic heterocycles. The minimum atomic E-state index is -3.91.